The van der Waals surface area contributed by atoms with E-state index in [1.165, 1.54) is 25.2 Å². The lowest BCUT2D eigenvalue weighted by atomic mass is 10.1. The van der Waals surface area contributed by atoms with Gasteiger partial charge in [0.25, 0.3) is 5.91 Å². The van der Waals surface area contributed by atoms with E-state index < -0.39 is 15.9 Å². The Morgan fingerprint density at radius 3 is 2.37 bits per heavy atom. The number of sulfone groups is 1. The highest BCUT2D eigenvalue weighted by molar-refractivity contribution is 7.94. The molecule has 0 radical (unpaired) electrons. The molecule has 0 saturated carbocycles. The lowest BCUT2D eigenvalue weighted by Gasteiger charge is -2.29. The van der Waals surface area contributed by atoms with Crippen molar-refractivity contribution >= 4 is 33.0 Å². The number of carbonyl (C=O) groups is 1. The Morgan fingerprint density at radius 2 is 1.81 bits per heavy atom. The van der Waals surface area contributed by atoms with Crippen molar-refractivity contribution in [1.29, 1.82) is 0 Å². The van der Waals surface area contributed by atoms with Gasteiger partial charge in [0.15, 0.2) is 9.84 Å². The highest BCUT2D eigenvalue weighted by Gasteiger charge is 2.33. The van der Waals surface area contributed by atoms with E-state index in [1.807, 2.05) is 0 Å². The second-order valence-electron chi connectivity index (χ2n) is 5.95. The molecule has 2 aromatic rings. The number of hydrogen-bond acceptors (Lipinski definition) is 5. The standard InChI is InChI=1S/C19H18ClNO5S/c1-25-16-7-8-17(18(11-16)26-2)21(15-9-10-27(23,24)12-15)19(22)13-3-5-14(20)6-4-13/h3-11,15H,12H2,1-2H3/t15-/m1/s1. The van der Waals surface area contributed by atoms with Gasteiger partial charge in [-0.15, -0.1) is 0 Å². The number of amides is 1. The van der Waals surface area contributed by atoms with Crippen molar-refractivity contribution in [2.45, 2.75) is 6.04 Å². The molecule has 0 unspecified atom stereocenters. The van der Waals surface area contributed by atoms with Crippen LogP contribution in [-0.4, -0.2) is 40.3 Å². The first-order valence-electron chi connectivity index (χ1n) is 8.07. The first kappa shape index (κ1) is 19.3. The van der Waals surface area contributed by atoms with E-state index in [0.29, 0.717) is 27.8 Å². The molecule has 2 aromatic carbocycles. The Morgan fingerprint density at radius 1 is 1.11 bits per heavy atom. The van der Waals surface area contributed by atoms with Gasteiger partial charge in [0.1, 0.15) is 11.5 Å². The first-order chi connectivity index (χ1) is 12.8. The molecule has 1 atom stereocenters. The highest BCUT2D eigenvalue weighted by atomic mass is 35.5. The molecular formula is C19H18ClNO5S. The number of carbonyl (C=O) groups excluding carboxylic acids is 1. The number of benzene rings is 2. The molecule has 8 heteroatoms. The maximum atomic E-state index is 13.2. The molecule has 1 amide bonds. The highest BCUT2D eigenvalue weighted by Crippen LogP contribution is 2.36. The van der Waals surface area contributed by atoms with Gasteiger partial charge in [0, 0.05) is 22.1 Å². The van der Waals surface area contributed by atoms with Crippen LogP contribution in [0.15, 0.2) is 53.9 Å². The van der Waals surface area contributed by atoms with Crippen LogP contribution >= 0.6 is 11.6 Å². The molecule has 0 N–H and O–H groups in total. The van der Waals surface area contributed by atoms with Crippen molar-refractivity contribution in [3.8, 4) is 11.5 Å². The molecule has 0 aliphatic carbocycles. The molecule has 142 valence electrons. The number of nitrogens with zero attached hydrogens (tertiary/aromatic N) is 1. The maximum absolute atomic E-state index is 13.2. The summed E-state index contributed by atoms with van der Waals surface area (Å²) in [6.07, 6.45) is 1.51. The maximum Gasteiger partial charge on any atom is 0.258 e. The van der Waals surface area contributed by atoms with Crippen molar-refractivity contribution in [1.82, 2.24) is 0 Å². The molecule has 1 heterocycles. The molecule has 6 nitrogen and oxygen atoms in total. The fraction of sp³-hybridized carbons (Fsp3) is 0.211. The smallest absolute Gasteiger partial charge is 0.258 e. The quantitative estimate of drug-likeness (QED) is 0.760. The lowest BCUT2D eigenvalue weighted by Crippen LogP contribution is -2.41. The van der Waals surface area contributed by atoms with E-state index in [2.05, 4.69) is 0 Å². The number of halogens is 1. The zero-order valence-electron chi connectivity index (χ0n) is 14.8. The number of anilines is 1. The third kappa shape index (κ3) is 4.09. The molecule has 0 bridgehead atoms. The summed E-state index contributed by atoms with van der Waals surface area (Å²) < 4.78 is 34.5. The van der Waals surface area contributed by atoms with E-state index in [1.54, 1.807) is 42.5 Å². The molecule has 27 heavy (non-hydrogen) atoms. The minimum absolute atomic E-state index is 0.193. The fourth-order valence-corrected chi connectivity index (χ4v) is 4.27. The summed E-state index contributed by atoms with van der Waals surface area (Å²) in [5.41, 5.74) is 0.833. The van der Waals surface area contributed by atoms with E-state index in [9.17, 15) is 13.2 Å². The molecular weight excluding hydrogens is 390 g/mol. The van der Waals surface area contributed by atoms with Crippen LogP contribution in [0.5, 0.6) is 11.5 Å². The van der Waals surface area contributed by atoms with Gasteiger partial charge in [-0.3, -0.25) is 9.69 Å². The monoisotopic (exact) mass is 407 g/mol. The van der Waals surface area contributed by atoms with E-state index >= 15 is 0 Å². The van der Waals surface area contributed by atoms with Gasteiger partial charge in [0.2, 0.25) is 0 Å². The number of methoxy groups -OCH3 is 2. The predicted molar refractivity (Wildman–Crippen MR) is 105 cm³/mol. The summed E-state index contributed by atoms with van der Waals surface area (Å²) in [7, 11) is -0.363. The summed E-state index contributed by atoms with van der Waals surface area (Å²) in [4.78, 5) is 14.7. The van der Waals surface area contributed by atoms with Gasteiger partial charge in [-0.2, -0.15) is 0 Å². The second-order valence-corrected chi connectivity index (χ2v) is 8.31. The van der Waals surface area contributed by atoms with Gasteiger partial charge in [-0.25, -0.2) is 8.42 Å². The minimum atomic E-state index is -3.36. The molecule has 0 aromatic heterocycles. The molecule has 0 fully saturated rings. The molecule has 0 saturated heterocycles. The third-order valence-corrected chi connectivity index (χ3v) is 5.83. The first-order valence-corrected chi connectivity index (χ1v) is 10.2. The summed E-state index contributed by atoms with van der Waals surface area (Å²) in [5.74, 6) is 0.405. The van der Waals surface area contributed by atoms with Crippen molar-refractivity contribution in [2.75, 3.05) is 24.9 Å². The number of rotatable bonds is 5. The zero-order chi connectivity index (χ0) is 19.6. The Kier molecular flexibility index (Phi) is 5.43. The predicted octanol–water partition coefficient (Wildman–Crippen LogP) is 3.31. The fourth-order valence-electron chi connectivity index (χ4n) is 2.87. The Balaban J connectivity index is 2.09. The van der Waals surface area contributed by atoms with Crippen molar-refractivity contribution in [3.05, 3.63) is 64.5 Å². The van der Waals surface area contributed by atoms with Crippen LogP contribution in [-0.2, 0) is 9.84 Å². The van der Waals surface area contributed by atoms with Crippen LogP contribution in [0.1, 0.15) is 10.4 Å². The van der Waals surface area contributed by atoms with Gasteiger partial charge in [-0.1, -0.05) is 11.6 Å². The van der Waals surface area contributed by atoms with Crippen LogP contribution in [0.25, 0.3) is 0 Å². The van der Waals surface area contributed by atoms with Crippen LogP contribution in [0.3, 0.4) is 0 Å². The van der Waals surface area contributed by atoms with E-state index in [0.717, 1.165) is 5.41 Å². The largest absolute Gasteiger partial charge is 0.497 e. The van der Waals surface area contributed by atoms with Crippen molar-refractivity contribution < 1.29 is 22.7 Å². The molecule has 0 spiro atoms. The zero-order valence-corrected chi connectivity index (χ0v) is 16.3. The topological polar surface area (TPSA) is 72.9 Å². The Bertz CT molecular complexity index is 986. The average molecular weight is 408 g/mol. The van der Waals surface area contributed by atoms with Crippen molar-refractivity contribution in [3.63, 3.8) is 0 Å². The number of ether oxygens (including phenoxy) is 2. The summed E-state index contributed by atoms with van der Waals surface area (Å²) in [5, 5.41) is 1.64. The Labute approximate surface area is 162 Å². The van der Waals surface area contributed by atoms with Gasteiger partial charge in [-0.05, 0) is 42.5 Å². The van der Waals surface area contributed by atoms with Crippen molar-refractivity contribution in [2.24, 2.45) is 0 Å². The van der Waals surface area contributed by atoms with Crippen LogP contribution in [0.2, 0.25) is 5.02 Å². The summed E-state index contributed by atoms with van der Waals surface area (Å²) in [6.45, 7) is 0. The minimum Gasteiger partial charge on any atom is -0.497 e. The molecule has 1 aliphatic heterocycles. The van der Waals surface area contributed by atoms with Crippen LogP contribution in [0.4, 0.5) is 5.69 Å². The Hall–Kier alpha value is -2.51. The van der Waals surface area contributed by atoms with Crippen LogP contribution in [0, 0.1) is 0 Å². The van der Waals surface area contributed by atoms with E-state index in [-0.39, 0.29) is 11.7 Å². The van der Waals surface area contributed by atoms with Gasteiger partial charge >= 0.3 is 0 Å². The SMILES string of the molecule is COc1ccc(N(C(=O)c2ccc(Cl)cc2)[C@@H]2C=CS(=O)(=O)C2)c(OC)c1. The number of hydrogen-bond donors (Lipinski definition) is 0. The van der Waals surface area contributed by atoms with E-state index in [4.69, 9.17) is 21.1 Å². The molecule has 1 aliphatic rings. The second kappa shape index (κ2) is 7.62. The van der Waals surface area contributed by atoms with Gasteiger partial charge in [0.05, 0.1) is 31.7 Å². The van der Waals surface area contributed by atoms with Gasteiger partial charge < -0.3 is 9.47 Å². The molecule has 3 rings (SSSR count). The third-order valence-electron chi connectivity index (χ3n) is 4.20. The summed E-state index contributed by atoms with van der Waals surface area (Å²) in [6, 6.07) is 10.8. The van der Waals surface area contributed by atoms with Crippen LogP contribution < -0.4 is 14.4 Å². The average Bonchev–Trinajstić information content (AvgIpc) is 3.02. The lowest BCUT2D eigenvalue weighted by molar-refractivity contribution is 0.0982. The summed E-state index contributed by atoms with van der Waals surface area (Å²) >= 11 is 5.91. The normalized spacial score (nSPS) is 17.5.